The number of esters is 1. The molecule has 192 valence electrons. The minimum atomic E-state index is -3.88. The van der Waals surface area contributed by atoms with Gasteiger partial charge in [0.2, 0.25) is 0 Å². The van der Waals surface area contributed by atoms with Crippen molar-refractivity contribution in [2.75, 3.05) is 12.8 Å². The number of H-pyrrole nitrogens is 1. The largest absolute Gasteiger partial charge is 0.463 e. The lowest BCUT2D eigenvalue weighted by Gasteiger charge is -2.24. The number of aliphatic hydroxyl groups excluding tert-OH is 1. The van der Waals surface area contributed by atoms with E-state index in [9.17, 15) is 19.3 Å². The number of nitrogens with zero attached hydrogens (tertiary/aromatic N) is 1. The molecule has 0 amide bonds. The Bertz CT molecular complexity index is 1170. The van der Waals surface area contributed by atoms with Crippen LogP contribution in [0.15, 0.2) is 47.4 Å². The van der Waals surface area contributed by atoms with Crippen LogP contribution in [0.1, 0.15) is 33.9 Å². The van der Waals surface area contributed by atoms with Crippen molar-refractivity contribution in [3.63, 3.8) is 0 Å². The normalized spacial score (nSPS) is 24.6. The van der Waals surface area contributed by atoms with E-state index in [1.165, 1.54) is 10.8 Å². The molecule has 2 N–H and O–H groups in total. The molecule has 12 heteroatoms. The second-order valence-corrected chi connectivity index (χ2v) is 11.3. The highest BCUT2D eigenvalue weighted by Crippen LogP contribution is 2.51. The lowest BCUT2D eigenvalue weighted by molar-refractivity contribution is -0.151. The van der Waals surface area contributed by atoms with E-state index in [1.807, 2.05) is 0 Å². The molecule has 35 heavy (non-hydrogen) atoms. The Balaban J connectivity index is 1.75. The van der Waals surface area contributed by atoms with Crippen molar-refractivity contribution in [3.05, 3.63) is 57.7 Å². The van der Waals surface area contributed by atoms with Gasteiger partial charge in [-0.25, -0.2) is 9.36 Å². The monoisotopic (exact) mass is 526 g/mol. The highest BCUT2D eigenvalue weighted by molar-refractivity contribution is 7.71. The van der Waals surface area contributed by atoms with Gasteiger partial charge in [0.15, 0.2) is 0 Å². The van der Waals surface area contributed by atoms with E-state index in [4.69, 9.17) is 30.7 Å². The van der Waals surface area contributed by atoms with E-state index in [1.54, 1.807) is 64.1 Å². The van der Waals surface area contributed by atoms with Gasteiger partial charge in [-0.2, -0.15) is 0 Å². The zero-order valence-corrected chi connectivity index (χ0v) is 21.7. The lowest BCUT2D eigenvalue weighted by atomic mass is 10.0. The molecule has 2 heterocycles. The number of hydrogen-bond donors (Lipinski definition) is 2. The van der Waals surface area contributed by atoms with Crippen LogP contribution in [0.5, 0.6) is 5.75 Å². The molecule has 1 aromatic heterocycles. The van der Waals surface area contributed by atoms with Crippen LogP contribution < -0.4 is 10.2 Å². The molecule has 0 saturated carbocycles. The van der Waals surface area contributed by atoms with Gasteiger partial charge >= 0.3 is 19.3 Å². The second-order valence-electron chi connectivity index (χ2n) is 8.81. The molecule has 1 aromatic carbocycles. The molecule has 0 bridgehead atoms. The highest BCUT2D eigenvalue weighted by Gasteiger charge is 2.44. The fraction of sp³-hybridized carbons (Fsp3) is 0.522. The van der Waals surface area contributed by atoms with Crippen molar-refractivity contribution in [1.82, 2.24) is 9.55 Å². The predicted octanol–water partition coefficient (Wildman–Crippen LogP) is 3.68. The van der Waals surface area contributed by atoms with Gasteiger partial charge in [-0.15, -0.1) is 0 Å². The molecule has 6 atom stereocenters. The topological polar surface area (TPSA) is 129 Å². The SMILES string of the molecule is CC(C)OC(=O)[C@H](C)CP(=O)(OC[C@H]1O[C@@H](n2ccc(=S)[nH]c2=O)C(C)[C@H]1O)Oc1ccccc1. The van der Waals surface area contributed by atoms with Crippen LogP contribution in [0.2, 0.25) is 0 Å². The average molecular weight is 527 g/mol. The molecule has 1 fully saturated rings. The molecule has 10 nitrogen and oxygen atoms in total. The standard InChI is InChI=1S/C23H31N2O8PS/c1-14(2)31-22(27)15(3)13-34(29,33-17-8-6-5-7-9-17)30-12-18-20(26)16(4)21(32-18)25-11-10-19(35)24-23(25)28/h5-11,14-16,18,20-21,26H,12-13H2,1-4H3,(H,24,28,35)/t15-,16?,18-,20-,21-,34?/m1/s1. The number of ether oxygens (including phenoxy) is 2. The zero-order valence-electron chi connectivity index (χ0n) is 20.0. The quantitative estimate of drug-likeness (QED) is 0.271. The first-order valence-electron chi connectivity index (χ1n) is 11.3. The maximum absolute atomic E-state index is 13.7. The van der Waals surface area contributed by atoms with Crippen LogP contribution in [-0.2, 0) is 23.4 Å². The van der Waals surface area contributed by atoms with Gasteiger partial charge in [0.1, 0.15) is 22.7 Å². The molecule has 2 aromatic rings. The predicted molar refractivity (Wildman–Crippen MR) is 131 cm³/mol. The Kier molecular flexibility index (Phi) is 9.06. The first-order valence-corrected chi connectivity index (χ1v) is 13.5. The number of aromatic nitrogens is 2. The maximum Gasteiger partial charge on any atom is 0.380 e. The first-order chi connectivity index (χ1) is 16.5. The van der Waals surface area contributed by atoms with E-state index >= 15 is 0 Å². The van der Waals surface area contributed by atoms with Crippen molar-refractivity contribution in [2.24, 2.45) is 11.8 Å². The van der Waals surface area contributed by atoms with Crippen molar-refractivity contribution < 1.29 is 33.0 Å². The van der Waals surface area contributed by atoms with Gasteiger partial charge in [0, 0.05) is 12.1 Å². The van der Waals surface area contributed by atoms with E-state index in [0.29, 0.717) is 5.75 Å². The molecule has 0 radical (unpaired) electrons. The van der Waals surface area contributed by atoms with Crippen LogP contribution in [0.3, 0.4) is 0 Å². The summed E-state index contributed by atoms with van der Waals surface area (Å²) in [4.78, 5) is 27.2. The third-order valence-electron chi connectivity index (χ3n) is 5.48. The molecular formula is C23H31N2O8PS. The molecule has 2 unspecified atom stereocenters. The van der Waals surface area contributed by atoms with Gasteiger partial charge < -0.3 is 19.1 Å². The summed E-state index contributed by atoms with van der Waals surface area (Å²) in [6.07, 6.45) is -1.75. The minimum Gasteiger partial charge on any atom is -0.463 e. The summed E-state index contributed by atoms with van der Waals surface area (Å²) in [5.41, 5.74) is -0.473. The molecule has 0 spiro atoms. The maximum atomic E-state index is 13.7. The summed E-state index contributed by atoms with van der Waals surface area (Å²) in [7, 11) is -3.88. The average Bonchev–Trinajstić information content (AvgIpc) is 3.06. The fourth-order valence-corrected chi connectivity index (χ4v) is 5.70. The van der Waals surface area contributed by atoms with Crippen molar-refractivity contribution in [3.8, 4) is 5.75 Å². The van der Waals surface area contributed by atoms with Crippen molar-refractivity contribution >= 4 is 25.8 Å². The number of aromatic amines is 1. The minimum absolute atomic E-state index is 0.232. The van der Waals surface area contributed by atoms with Gasteiger partial charge in [-0.1, -0.05) is 44.3 Å². The second kappa shape index (κ2) is 11.6. The number of carbonyl (C=O) groups excluding carboxylic acids is 1. The van der Waals surface area contributed by atoms with Gasteiger partial charge in [-0.05, 0) is 32.0 Å². The van der Waals surface area contributed by atoms with Crippen LogP contribution in [0, 0.1) is 16.5 Å². The van der Waals surface area contributed by atoms with Gasteiger partial charge in [0.25, 0.3) is 0 Å². The van der Waals surface area contributed by atoms with E-state index in [0.717, 1.165) is 0 Å². The number of benzene rings is 1. The summed E-state index contributed by atoms with van der Waals surface area (Å²) >= 11 is 4.96. The van der Waals surface area contributed by atoms with Gasteiger partial charge in [0.05, 0.1) is 30.9 Å². The van der Waals surface area contributed by atoms with Crippen LogP contribution in [0.4, 0.5) is 0 Å². The summed E-state index contributed by atoms with van der Waals surface area (Å²) in [5.74, 6) is -1.45. The van der Waals surface area contributed by atoms with Crippen LogP contribution in [0.25, 0.3) is 0 Å². The Hall–Kier alpha value is -2.30. The molecule has 1 saturated heterocycles. The van der Waals surface area contributed by atoms with E-state index < -0.39 is 49.5 Å². The Morgan fingerprint density at radius 3 is 2.57 bits per heavy atom. The summed E-state index contributed by atoms with van der Waals surface area (Å²) in [6, 6.07) is 10.0. The zero-order chi connectivity index (χ0) is 25.8. The number of hydrogen-bond acceptors (Lipinski definition) is 9. The van der Waals surface area contributed by atoms with Crippen LogP contribution in [-0.4, -0.2) is 51.7 Å². The summed E-state index contributed by atoms with van der Waals surface area (Å²) < 4.78 is 37.9. The number of carbonyl (C=O) groups is 1. The third kappa shape index (κ3) is 7.11. The third-order valence-corrected chi connectivity index (χ3v) is 7.75. The number of para-hydroxylation sites is 1. The number of aliphatic hydroxyl groups is 1. The first kappa shape index (κ1) is 27.3. The Labute approximate surface area is 208 Å². The Morgan fingerprint density at radius 1 is 1.26 bits per heavy atom. The van der Waals surface area contributed by atoms with Crippen LogP contribution >= 0.6 is 19.8 Å². The molecule has 3 rings (SSSR count). The van der Waals surface area contributed by atoms with Crippen molar-refractivity contribution in [1.29, 1.82) is 0 Å². The Morgan fingerprint density at radius 2 is 1.94 bits per heavy atom. The number of nitrogens with one attached hydrogen (secondary N) is 1. The summed E-state index contributed by atoms with van der Waals surface area (Å²) in [6.45, 7) is 6.48. The molecule has 1 aliphatic rings. The lowest BCUT2D eigenvalue weighted by Crippen LogP contribution is -2.31. The van der Waals surface area contributed by atoms with E-state index in [2.05, 4.69) is 4.98 Å². The summed E-state index contributed by atoms with van der Waals surface area (Å²) in [5, 5.41) is 10.7. The van der Waals surface area contributed by atoms with Gasteiger partial charge in [-0.3, -0.25) is 18.9 Å². The highest BCUT2D eigenvalue weighted by atomic mass is 32.1. The molecule has 1 aliphatic heterocycles. The molecule has 0 aliphatic carbocycles. The smallest absolute Gasteiger partial charge is 0.380 e. The number of rotatable bonds is 10. The van der Waals surface area contributed by atoms with E-state index in [-0.39, 0.29) is 23.5 Å². The van der Waals surface area contributed by atoms with Crippen molar-refractivity contribution in [2.45, 2.75) is 52.2 Å². The fourth-order valence-electron chi connectivity index (χ4n) is 3.68. The molecular weight excluding hydrogens is 495 g/mol.